The molecule has 4 heteroatoms. The average Bonchev–Trinajstić information content (AvgIpc) is 1.62. The summed E-state index contributed by atoms with van der Waals surface area (Å²) >= 11 is 0. The molecule has 0 amide bonds. The van der Waals surface area contributed by atoms with Crippen LogP contribution in [-0.4, -0.2) is 0 Å². The normalized spacial score (nSPS) is 35.7. The van der Waals surface area contributed by atoms with Gasteiger partial charge >= 0.3 is 104 Å². The summed E-state index contributed by atoms with van der Waals surface area (Å²) in [7, 11) is 0. The van der Waals surface area contributed by atoms with Crippen molar-refractivity contribution in [1.82, 2.24) is 0 Å². The van der Waals surface area contributed by atoms with Crippen LogP contribution in [0.25, 0.3) is 18.2 Å². The first-order valence-corrected chi connectivity index (χ1v) is 47.3. The van der Waals surface area contributed by atoms with E-state index in [4.69, 9.17) is 0 Å². The number of hydrogen-bond donors (Lipinski definition) is 0. The van der Waals surface area contributed by atoms with Crippen molar-refractivity contribution < 1.29 is 104 Å². The van der Waals surface area contributed by atoms with Crippen molar-refractivity contribution in [2.45, 2.75) is 334 Å². The molecule has 0 aromatic heterocycles. The smallest absolute Gasteiger partial charge is 0.358 e. The van der Waals surface area contributed by atoms with Crippen molar-refractivity contribution in [2.24, 2.45) is 200 Å². The Labute approximate surface area is 890 Å². The van der Waals surface area contributed by atoms with Gasteiger partial charge in [0, 0.05) is 0 Å². The molecule has 0 bridgehead atoms. The Morgan fingerprint density at radius 2 is 0.547 bits per heavy atom. The summed E-state index contributed by atoms with van der Waals surface area (Å²) in [6.45, 7) is 69.6. The zero-order valence-electron chi connectivity index (χ0n) is 94.3. The second kappa shape index (κ2) is 69.3. The molecule has 0 nitrogen and oxygen atoms in total. The van der Waals surface area contributed by atoms with Crippen molar-refractivity contribution in [3.05, 3.63) is 243 Å². The second-order valence-electron chi connectivity index (χ2n) is 44.1. The van der Waals surface area contributed by atoms with E-state index in [2.05, 4.69) is 310 Å². The zero-order valence-corrected chi connectivity index (χ0v) is 108. The molecule has 0 aliphatic heterocycles. The molecule has 0 heterocycles. The van der Waals surface area contributed by atoms with E-state index in [1.165, 1.54) is 100 Å². The number of fused-ring (bicyclic) bond motifs is 12. The van der Waals surface area contributed by atoms with E-state index in [0.717, 1.165) is 207 Å². The third kappa shape index (κ3) is 37.4. The van der Waals surface area contributed by atoms with Crippen molar-refractivity contribution in [2.75, 3.05) is 0 Å². The maximum absolute atomic E-state index is 2.48. The summed E-state index contributed by atoms with van der Waals surface area (Å²) in [5.74, 6) is 32.6. The van der Waals surface area contributed by atoms with Gasteiger partial charge in [-0.1, -0.05) is 342 Å². The minimum Gasteiger partial charge on any atom is -0.358 e. The van der Waals surface area contributed by atoms with E-state index in [9.17, 15) is 0 Å². The molecule has 13 aliphatic carbocycles. The van der Waals surface area contributed by atoms with Gasteiger partial charge in [-0.15, -0.1) is 0 Å². The molecule has 16 rings (SSSR count). The number of hydrogen-bond acceptors (Lipinski definition) is 0. The molecule has 3 aromatic rings. The van der Waals surface area contributed by atoms with Crippen LogP contribution in [0, 0.1) is 319 Å². The minimum absolute atomic E-state index is 0. The van der Waals surface area contributed by atoms with Gasteiger partial charge in [-0.3, -0.25) is 0 Å². The second-order valence-corrected chi connectivity index (χ2v) is 44.1. The van der Waals surface area contributed by atoms with Gasteiger partial charge in [0.2, 0.25) is 0 Å². The van der Waals surface area contributed by atoms with Crippen LogP contribution in [0.4, 0.5) is 0 Å². The maximum Gasteiger partial charge on any atom is 4.00 e. The Balaban J connectivity index is -0.000000119. The molecule has 14 atom stereocenters. The fourth-order valence-corrected chi connectivity index (χ4v) is 26.9. The van der Waals surface area contributed by atoms with Gasteiger partial charge in [0.25, 0.3) is 0 Å². The fourth-order valence-electron chi connectivity index (χ4n) is 26.9. The van der Waals surface area contributed by atoms with Crippen molar-refractivity contribution in [1.29, 1.82) is 0 Å². The molecular formula is C124H224Hf3Zr. The number of rotatable bonds is 5. The fraction of sp³-hybridized carbons (Fsp3) is 0.677. The van der Waals surface area contributed by atoms with Crippen LogP contribution in [0.3, 0.4) is 0 Å². The van der Waals surface area contributed by atoms with Crippen molar-refractivity contribution >= 4 is 18.2 Å². The predicted octanol–water partition coefficient (Wildman–Crippen LogP) is 39.9. The summed E-state index contributed by atoms with van der Waals surface area (Å²) < 4.78 is 0. The van der Waals surface area contributed by atoms with E-state index in [0.29, 0.717) is 10.8 Å². The van der Waals surface area contributed by atoms with Gasteiger partial charge in [0.15, 0.2) is 0 Å². The summed E-state index contributed by atoms with van der Waals surface area (Å²) in [5, 5.41) is 0. The van der Waals surface area contributed by atoms with Crippen LogP contribution < -0.4 is 0 Å². The molecule has 3 aromatic carbocycles. The summed E-state index contributed by atoms with van der Waals surface area (Å²) in [4.78, 5) is 0. The monoisotopic (exact) mass is 2340 g/mol. The third-order valence-corrected chi connectivity index (χ3v) is 36.4. The summed E-state index contributed by atoms with van der Waals surface area (Å²) in [6.07, 6.45) is 40.8. The molecule has 10 saturated carbocycles. The molecule has 0 N–H and O–H groups in total. The quantitative estimate of drug-likeness (QED) is 0.176. The topological polar surface area (TPSA) is 0 Å². The first-order valence-electron chi connectivity index (χ1n) is 47.3. The third-order valence-electron chi connectivity index (χ3n) is 36.4. The maximum atomic E-state index is 2.48. The molecule has 10 fully saturated rings. The Bertz CT molecular complexity index is 2980. The molecule has 0 saturated heterocycles. The minimum atomic E-state index is 0. The Hall–Kier alpha value is 0.374. The molecule has 736 valence electrons. The van der Waals surface area contributed by atoms with Crippen LogP contribution in [0.15, 0.2) is 91.0 Å². The summed E-state index contributed by atoms with van der Waals surface area (Å²) in [5.41, 5.74) is 10.2. The average molecular weight is 2340 g/mol. The van der Waals surface area contributed by atoms with Gasteiger partial charge < -0.3 is 119 Å². The molecule has 14 unspecified atom stereocenters. The van der Waals surface area contributed by atoms with E-state index in [-0.39, 0.29) is 223 Å². The number of benzene rings is 3. The van der Waals surface area contributed by atoms with E-state index in [1.807, 2.05) is 0 Å². The molecule has 13 aliphatic rings. The standard InChI is InChI=1S/C18H24.C17H30.C17H22.C16H20.4C10H20.16CH3.3Hf.Zr/c1-18(2,3)12-15-11-10-14-9-8-13-6-4-5-7-16(13)17(14)15;1-17(2,3)16-11-10-14-13-7-5-4-6-12(13)8-9-15(14)16;1-12(2)11-15-10-9-14-8-7-13-5-3-4-6-16(13)17(14)15;1-2-5-13-10-11-14-9-8-12-6-3-4-7-15(12)16(13)14;4*1-6-7(2)9(4)10(5)8(6)3;;;;;;;;;;;;;;;;;;;;/h4-9,14-15,17H,10-12H2,1-3H3;12-16H,4-11H2,1-3H3;3-8,12,14-15,17H,9-11H2,1-2H3;3-4,6-9,13-14,16H,2,5,10-11H2,1H3;4*6-10H,1-5H3;16*1H3;;;;/q;;;;;;;;16*-1;4*+4. The van der Waals surface area contributed by atoms with E-state index < -0.39 is 0 Å². The van der Waals surface area contributed by atoms with E-state index >= 15 is 0 Å². The molecule has 128 heavy (non-hydrogen) atoms. The Morgan fingerprint density at radius 3 is 0.828 bits per heavy atom. The molecule has 0 spiro atoms. The van der Waals surface area contributed by atoms with Crippen LogP contribution in [0.5, 0.6) is 0 Å². The van der Waals surface area contributed by atoms with Gasteiger partial charge in [-0.25, -0.2) is 0 Å². The van der Waals surface area contributed by atoms with Crippen LogP contribution in [0.2, 0.25) is 0 Å². The van der Waals surface area contributed by atoms with Gasteiger partial charge in [0.05, 0.1) is 0 Å². The Morgan fingerprint density at radius 1 is 0.289 bits per heavy atom. The van der Waals surface area contributed by atoms with Crippen molar-refractivity contribution in [3.8, 4) is 0 Å². The van der Waals surface area contributed by atoms with Gasteiger partial charge in [0.1, 0.15) is 0 Å². The molecular weight excluding hydrogens is 2120 g/mol. The Kier molecular flexibility index (Phi) is 83.2. The first-order chi connectivity index (χ1) is 51.0. The predicted molar refractivity (Wildman–Crippen MR) is 581 cm³/mol. The SMILES string of the molecule is CC(C)(C)C1CCC2C3CCCCC3CCC21.CC(C)(C)CC1CCC2C=Cc3ccccc3C21.CC(C)CC1CCC2C=Cc3ccccc3C21.CC1C(C)C(C)C(C)C1C.CC1C(C)C(C)C(C)C1C.CC1C(C)C(C)C(C)C1C.CC1C(C)C(C)C(C)C1C.CCCC1CCC2C=Cc3ccccc3C21.[CH3-].[CH3-].[CH3-].[CH3-].[CH3-].[CH3-].[CH3-].[CH3-].[CH3-].[CH3-].[CH3-].[CH3-].[CH3-].[CH3-].[CH3-].[CH3-].[Hf+4].[Hf+4].[Hf+4].[Zr+4]. The van der Waals surface area contributed by atoms with Crippen LogP contribution in [0.1, 0.15) is 367 Å². The number of allylic oxidation sites excluding steroid dienone is 3. The summed E-state index contributed by atoms with van der Waals surface area (Å²) in [6, 6.07) is 27.0. The van der Waals surface area contributed by atoms with Crippen LogP contribution in [-0.2, 0) is 104 Å². The van der Waals surface area contributed by atoms with Crippen molar-refractivity contribution in [3.63, 3.8) is 0 Å². The van der Waals surface area contributed by atoms with Gasteiger partial charge in [-0.2, -0.15) is 0 Å². The van der Waals surface area contributed by atoms with Gasteiger partial charge in [-0.05, 0) is 335 Å². The zero-order chi connectivity index (χ0) is 79.1. The molecule has 0 radical (unpaired) electrons. The van der Waals surface area contributed by atoms with E-state index in [1.54, 1.807) is 48.8 Å². The largest absolute Gasteiger partial charge is 4.00 e. The first kappa shape index (κ1) is 154. The van der Waals surface area contributed by atoms with Crippen LogP contribution >= 0.6 is 0 Å².